The molecule has 106 heavy (non-hydrogen) atoms. The Morgan fingerprint density at radius 1 is 0.236 bits per heavy atom. The molecule has 2 N–H and O–H groups in total. The molecule has 0 saturated carbocycles. The lowest BCUT2D eigenvalue weighted by Crippen LogP contribution is -2.59. The summed E-state index contributed by atoms with van der Waals surface area (Å²) in [6.07, 6.45) is 0. The summed E-state index contributed by atoms with van der Waals surface area (Å²) in [6.45, 7) is 0.248. The lowest BCUT2D eigenvalue weighted by Gasteiger charge is -2.43. The standard InChI is InChI=1S/C48H31BN2.C30H19BBrN.C18H14BNO2/c1-2-12-32(13-3-1)34-24-28-47-41(30-34)37-14-4-8-18-43(37)49-44-19-9-5-15-38(44)42-31-35(25-29-48(42)51(47)49)33-22-26-36(27-23-33)50-45-20-10-6-16-39(45)40-17-7-11-21-46(40)50;32-22-15-17-30-26(19-22)24-11-5-7-13-28(24)31-27-12-6-4-10-23(27)25-18-21(14-16-29(25)33(30)31)20-8-2-1-3-9-20;21-19(22)13-9-11-14(12-10-13)20-17-7-3-1-5-15(17)16-6-2-4-8-18(16)20/h1-31H;1-19H;1-12,21-22H. The van der Waals surface area contributed by atoms with Crippen molar-refractivity contribution in [3.63, 3.8) is 0 Å². The molecule has 18 aromatic rings. The van der Waals surface area contributed by atoms with E-state index in [1.165, 1.54) is 161 Å². The summed E-state index contributed by atoms with van der Waals surface area (Å²) in [6, 6.07) is 135. The molecular weight excluding hydrogens is 1350 g/mol. The van der Waals surface area contributed by atoms with Gasteiger partial charge in [-0.2, -0.15) is 0 Å². The number of aromatic nitrogens is 2. The van der Waals surface area contributed by atoms with Crippen LogP contribution in [-0.2, 0) is 0 Å². The molecule has 4 aliphatic heterocycles. The predicted molar refractivity (Wildman–Crippen MR) is 451 cm³/mol. The average Bonchev–Trinajstić information content (AvgIpc) is 1.04. The molecule has 0 bridgehead atoms. The first-order valence-electron chi connectivity index (χ1n) is 36.2. The van der Waals surface area contributed by atoms with Crippen LogP contribution in [0.5, 0.6) is 0 Å². The van der Waals surface area contributed by atoms with Crippen LogP contribution in [0.2, 0.25) is 0 Å². The third-order valence-corrected chi connectivity index (χ3v) is 22.5. The fraction of sp³-hybridized carbons (Fsp3) is 0. The SMILES string of the molecule is Brc1ccc2c(c1)-c1ccccc1B1c3ccccc3-c3cc(-c4ccccc4)ccc3N12.OB(O)c1ccc(-n2c3ccccc3c3ccccc32)cc1.c1ccc(-c2ccc3c(c2)-c2ccccc2B2c4ccccc4-c4cc(-c5ccc(-n6c7ccccc7c7ccccc76)cc5)ccc4N23)cc1. The van der Waals surface area contributed by atoms with Crippen molar-refractivity contribution in [2.45, 2.75) is 0 Å². The van der Waals surface area contributed by atoms with E-state index >= 15 is 0 Å². The van der Waals surface area contributed by atoms with Crippen molar-refractivity contribution in [1.82, 2.24) is 9.13 Å². The van der Waals surface area contributed by atoms with E-state index in [4.69, 9.17) is 0 Å². The van der Waals surface area contributed by atoms with Crippen LogP contribution in [0.25, 0.3) is 133 Å². The number of benzene rings is 16. The summed E-state index contributed by atoms with van der Waals surface area (Å²) in [7, 11) is -1.44. The van der Waals surface area contributed by atoms with Crippen LogP contribution in [0.4, 0.5) is 22.7 Å². The summed E-state index contributed by atoms with van der Waals surface area (Å²) < 4.78 is 5.68. The van der Waals surface area contributed by atoms with Gasteiger partial charge in [-0.1, -0.05) is 289 Å². The lowest BCUT2D eigenvalue weighted by atomic mass is 9.43. The quantitative estimate of drug-likeness (QED) is 0.163. The molecule has 0 spiro atoms. The molecule has 16 aromatic carbocycles. The maximum absolute atomic E-state index is 9.24. The van der Waals surface area contributed by atoms with Crippen molar-refractivity contribution in [2.24, 2.45) is 0 Å². The van der Waals surface area contributed by atoms with Gasteiger partial charge >= 0.3 is 20.8 Å². The fourth-order valence-electron chi connectivity index (χ4n) is 17.2. The highest BCUT2D eigenvalue weighted by molar-refractivity contribution is 9.10. The van der Waals surface area contributed by atoms with E-state index in [-0.39, 0.29) is 13.7 Å². The molecule has 6 nitrogen and oxygen atoms in total. The van der Waals surface area contributed by atoms with E-state index < -0.39 is 7.12 Å². The van der Waals surface area contributed by atoms with Gasteiger partial charge < -0.3 is 28.8 Å². The van der Waals surface area contributed by atoms with Crippen molar-refractivity contribution >= 4 is 130 Å². The van der Waals surface area contributed by atoms with E-state index in [2.05, 4.69) is 362 Å². The summed E-state index contributed by atoms with van der Waals surface area (Å²) in [5.74, 6) is 0. The first-order chi connectivity index (χ1) is 52.4. The Labute approximate surface area is 624 Å². The minimum atomic E-state index is -1.44. The number of halogens is 1. The first-order valence-corrected chi connectivity index (χ1v) is 37.0. The Hall–Kier alpha value is -12.7. The van der Waals surface area contributed by atoms with Crippen LogP contribution >= 0.6 is 15.9 Å². The molecule has 0 aliphatic carbocycles. The Morgan fingerprint density at radius 2 is 0.509 bits per heavy atom. The van der Waals surface area contributed by atoms with Gasteiger partial charge in [0.2, 0.25) is 0 Å². The highest BCUT2D eigenvalue weighted by Crippen LogP contribution is 2.50. The van der Waals surface area contributed by atoms with Crippen LogP contribution in [0.3, 0.4) is 0 Å². The molecular formula is C96H64B3BrN4O2. The minimum Gasteiger partial charge on any atom is -0.423 e. The maximum atomic E-state index is 9.24. The zero-order valence-corrected chi connectivity index (χ0v) is 59.2. The Bertz CT molecular complexity index is 6390. The van der Waals surface area contributed by atoms with Gasteiger partial charge in [-0.25, -0.2) is 0 Å². The molecule has 0 amide bonds. The molecule has 0 unspecified atom stereocenters. The number of nitrogens with zero attached hydrogens (tertiary/aromatic N) is 4. The molecule has 0 saturated heterocycles. The van der Waals surface area contributed by atoms with Gasteiger partial charge in [0, 0.05) is 82.4 Å². The molecule has 22 rings (SSSR count). The minimum absolute atomic E-state index is 0.0938. The van der Waals surface area contributed by atoms with Crippen molar-refractivity contribution in [1.29, 1.82) is 0 Å². The van der Waals surface area contributed by atoms with Crippen LogP contribution in [-0.4, -0.2) is 40.0 Å². The zero-order valence-electron chi connectivity index (χ0n) is 57.6. The van der Waals surface area contributed by atoms with E-state index in [0.29, 0.717) is 5.46 Å². The van der Waals surface area contributed by atoms with E-state index in [1.54, 1.807) is 12.1 Å². The number of para-hydroxylation sites is 4. The number of fused-ring (bicyclic) bond motifs is 28. The van der Waals surface area contributed by atoms with E-state index in [0.717, 1.165) is 21.2 Å². The fourth-order valence-corrected chi connectivity index (χ4v) is 17.6. The second-order valence-electron chi connectivity index (χ2n) is 27.7. The average molecular weight is 1420 g/mol. The molecule has 0 fully saturated rings. The lowest BCUT2D eigenvalue weighted by molar-refractivity contribution is 0.426. The third-order valence-electron chi connectivity index (χ3n) is 22.0. The van der Waals surface area contributed by atoms with Gasteiger partial charge in [0.05, 0.1) is 22.1 Å². The normalized spacial score (nSPS) is 12.4. The van der Waals surface area contributed by atoms with Crippen LogP contribution in [0.15, 0.2) is 381 Å². The van der Waals surface area contributed by atoms with Gasteiger partial charge in [-0.05, 0) is 186 Å². The second kappa shape index (κ2) is 25.9. The van der Waals surface area contributed by atoms with Crippen molar-refractivity contribution in [3.05, 3.63) is 381 Å². The molecule has 4 aliphatic rings. The predicted octanol–water partition coefficient (Wildman–Crippen LogP) is 20.5. The highest BCUT2D eigenvalue weighted by Gasteiger charge is 2.44. The zero-order chi connectivity index (χ0) is 70.5. The van der Waals surface area contributed by atoms with Crippen molar-refractivity contribution in [2.75, 3.05) is 9.62 Å². The molecule has 6 heterocycles. The van der Waals surface area contributed by atoms with E-state index in [1.807, 2.05) is 36.4 Å². The number of hydrogen-bond donors (Lipinski definition) is 2. The largest absolute Gasteiger partial charge is 0.488 e. The summed E-state index contributed by atoms with van der Waals surface area (Å²) >= 11 is 3.70. The van der Waals surface area contributed by atoms with Gasteiger partial charge in [0.15, 0.2) is 0 Å². The highest BCUT2D eigenvalue weighted by atomic mass is 79.9. The monoisotopic (exact) mass is 1420 g/mol. The summed E-state index contributed by atoms with van der Waals surface area (Å²) in [5, 5.41) is 23.5. The molecule has 496 valence electrons. The van der Waals surface area contributed by atoms with Gasteiger partial charge in [-0.15, -0.1) is 0 Å². The van der Waals surface area contributed by atoms with E-state index in [9.17, 15) is 10.0 Å². The van der Waals surface area contributed by atoms with Gasteiger partial charge in [0.1, 0.15) is 0 Å². The third kappa shape index (κ3) is 10.4. The Balaban J connectivity index is 0.000000116. The van der Waals surface area contributed by atoms with Crippen LogP contribution in [0, 0.1) is 0 Å². The van der Waals surface area contributed by atoms with Crippen molar-refractivity contribution < 1.29 is 10.0 Å². The molecule has 10 heteroatoms. The van der Waals surface area contributed by atoms with Gasteiger partial charge in [0.25, 0.3) is 0 Å². The number of anilines is 4. The Morgan fingerprint density at radius 3 is 0.858 bits per heavy atom. The molecule has 2 aromatic heterocycles. The smallest absolute Gasteiger partial charge is 0.423 e. The molecule has 0 atom stereocenters. The van der Waals surface area contributed by atoms with Crippen LogP contribution in [0.1, 0.15) is 0 Å². The summed E-state index contributed by atoms with van der Waals surface area (Å²) in [4.78, 5) is 5.12. The van der Waals surface area contributed by atoms with Crippen LogP contribution < -0.4 is 36.9 Å². The Kier molecular flexibility index (Phi) is 15.4. The van der Waals surface area contributed by atoms with Crippen molar-refractivity contribution in [3.8, 4) is 89.3 Å². The second-order valence-corrected chi connectivity index (χ2v) is 28.7. The summed E-state index contributed by atoms with van der Waals surface area (Å²) in [5.41, 5.74) is 35.5. The number of rotatable bonds is 6. The molecule has 0 radical (unpaired) electrons. The van der Waals surface area contributed by atoms with Gasteiger partial charge in [-0.3, -0.25) is 0 Å². The maximum Gasteiger partial charge on any atom is 0.488 e. The first kappa shape index (κ1) is 63.0. The number of hydrogen-bond acceptors (Lipinski definition) is 4. The topological polar surface area (TPSA) is 56.8 Å².